The summed E-state index contributed by atoms with van der Waals surface area (Å²) in [6.07, 6.45) is 2.37. The number of amides is 1. The zero-order chi connectivity index (χ0) is 21.5. The smallest absolute Gasteiger partial charge is 0.340 e. The van der Waals surface area contributed by atoms with Gasteiger partial charge in [0.25, 0.3) is 10.0 Å². The van der Waals surface area contributed by atoms with Crippen LogP contribution in [0.2, 0.25) is 0 Å². The summed E-state index contributed by atoms with van der Waals surface area (Å²) >= 11 is 0. The molecule has 8 nitrogen and oxygen atoms in total. The van der Waals surface area contributed by atoms with Crippen molar-refractivity contribution < 1.29 is 27.5 Å². The van der Waals surface area contributed by atoms with Crippen LogP contribution in [-0.4, -0.2) is 45.0 Å². The van der Waals surface area contributed by atoms with Crippen LogP contribution in [0.4, 0.5) is 5.69 Å². The molecule has 0 spiro atoms. The molecular formula is C21H20N2O6S. The Morgan fingerprint density at radius 2 is 1.87 bits per heavy atom. The fraction of sp³-hybridized carbons (Fsp3) is 0.238. The van der Waals surface area contributed by atoms with Crippen LogP contribution in [0.5, 0.6) is 5.75 Å². The van der Waals surface area contributed by atoms with Gasteiger partial charge >= 0.3 is 5.97 Å². The van der Waals surface area contributed by atoms with E-state index in [1.54, 1.807) is 24.3 Å². The topological polar surface area (TPSA) is 94.9 Å². The first-order chi connectivity index (χ1) is 14.4. The molecular weight excluding hydrogens is 408 g/mol. The number of benzene rings is 2. The van der Waals surface area contributed by atoms with E-state index >= 15 is 0 Å². The van der Waals surface area contributed by atoms with Gasteiger partial charge in [-0.15, -0.1) is 0 Å². The number of methoxy groups -OCH3 is 2. The van der Waals surface area contributed by atoms with Crippen LogP contribution in [-0.2, 0) is 19.6 Å². The number of para-hydroxylation sites is 1. The molecule has 2 aromatic carbocycles. The summed E-state index contributed by atoms with van der Waals surface area (Å²) in [4.78, 5) is 25.9. The summed E-state index contributed by atoms with van der Waals surface area (Å²) in [7, 11) is -1.36. The Labute approximate surface area is 173 Å². The van der Waals surface area contributed by atoms with Gasteiger partial charge in [-0.3, -0.25) is 4.79 Å². The molecule has 0 unspecified atom stereocenters. The van der Waals surface area contributed by atoms with Gasteiger partial charge in [0, 0.05) is 24.5 Å². The predicted octanol–water partition coefficient (Wildman–Crippen LogP) is 2.80. The lowest BCUT2D eigenvalue weighted by molar-refractivity contribution is -0.117. The number of fused-ring (bicyclic) bond motifs is 1. The summed E-state index contributed by atoms with van der Waals surface area (Å²) < 4.78 is 38.2. The van der Waals surface area contributed by atoms with E-state index in [-0.39, 0.29) is 16.4 Å². The molecule has 3 aromatic rings. The molecule has 2 heterocycles. The minimum atomic E-state index is -4.07. The van der Waals surface area contributed by atoms with Crippen molar-refractivity contribution in [1.82, 2.24) is 3.97 Å². The van der Waals surface area contributed by atoms with Gasteiger partial charge in [0.1, 0.15) is 5.75 Å². The highest BCUT2D eigenvalue weighted by Gasteiger charge is 2.28. The lowest BCUT2D eigenvalue weighted by Crippen LogP contribution is -2.24. The highest BCUT2D eigenvalue weighted by atomic mass is 32.2. The minimum Gasteiger partial charge on any atom is -0.495 e. The Hall–Kier alpha value is -3.33. The summed E-state index contributed by atoms with van der Waals surface area (Å²) in [6.45, 7) is 0.498. The van der Waals surface area contributed by atoms with Crippen molar-refractivity contribution in [2.24, 2.45) is 0 Å². The Morgan fingerprint density at radius 1 is 1.10 bits per heavy atom. The Balaban J connectivity index is 1.89. The van der Waals surface area contributed by atoms with Gasteiger partial charge in [-0.05, 0) is 30.7 Å². The maximum Gasteiger partial charge on any atom is 0.340 e. The van der Waals surface area contributed by atoms with Gasteiger partial charge in [0.2, 0.25) is 5.91 Å². The van der Waals surface area contributed by atoms with Crippen molar-refractivity contribution in [3.8, 4) is 5.75 Å². The molecule has 1 aromatic heterocycles. The van der Waals surface area contributed by atoms with E-state index in [1.165, 1.54) is 43.5 Å². The van der Waals surface area contributed by atoms with Crippen LogP contribution in [0.25, 0.3) is 10.9 Å². The highest BCUT2D eigenvalue weighted by molar-refractivity contribution is 7.90. The molecule has 0 radical (unpaired) electrons. The predicted molar refractivity (Wildman–Crippen MR) is 110 cm³/mol. The third-order valence-corrected chi connectivity index (χ3v) is 6.82. The highest BCUT2D eigenvalue weighted by Crippen LogP contribution is 2.35. The van der Waals surface area contributed by atoms with Crippen LogP contribution >= 0.6 is 0 Å². The molecule has 0 saturated carbocycles. The summed E-state index contributed by atoms with van der Waals surface area (Å²) in [6, 6.07) is 11.1. The van der Waals surface area contributed by atoms with E-state index in [9.17, 15) is 18.0 Å². The van der Waals surface area contributed by atoms with E-state index in [0.29, 0.717) is 41.7 Å². The third kappa shape index (κ3) is 3.11. The van der Waals surface area contributed by atoms with Gasteiger partial charge in [0.15, 0.2) is 0 Å². The van der Waals surface area contributed by atoms with Crippen molar-refractivity contribution in [1.29, 1.82) is 0 Å². The number of carbonyl (C=O) groups excluding carboxylic acids is 2. The normalized spacial score (nSPS) is 14.3. The average molecular weight is 428 g/mol. The second kappa shape index (κ2) is 7.49. The van der Waals surface area contributed by atoms with Crippen molar-refractivity contribution in [2.45, 2.75) is 17.7 Å². The molecule has 1 saturated heterocycles. The van der Waals surface area contributed by atoms with Gasteiger partial charge in [-0.2, -0.15) is 0 Å². The van der Waals surface area contributed by atoms with E-state index < -0.39 is 16.0 Å². The number of carbonyl (C=O) groups is 2. The quantitative estimate of drug-likeness (QED) is 0.580. The van der Waals surface area contributed by atoms with E-state index in [2.05, 4.69) is 0 Å². The fourth-order valence-corrected chi connectivity index (χ4v) is 5.07. The number of hydrogen-bond acceptors (Lipinski definition) is 6. The van der Waals surface area contributed by atoms with Crippen LogP contribution in [0.3, 0.4) is 0 Å². The van der Waals surface area contributed by atoms with E-state index in [0.717, 1.165) is 3.97 Å². The first-order valence-electron chi connectivity index (χ1n) is 9.31. The first-order valence-corrected chi connectivity index (χ1v) is 10.7. The fourth-order valence-electron chi connectivity index (χ4n) is 3.68. The third-order valence-electron chi connectivity index (χ3n) is 5.15. The lowest BCUT2D eigenvalue weighted by Gasteiger charge is -2.20. The maximum absolute atomic E-state index is 13.5. The summed E-state index contributed by atoms with van der Waals surface area (Å²) in [5, 5.41) is 0.469. The summed E-state index contributed by atoms with van der Waals surface area (Å²) in [5.74, 6) is -0.294. The Morgan fingerprint density at radius 3 is 2.53 bits per heavy atom. The second-order valence-corrected chi connectivity index (χ2v) is 8.65. The SMILES string of the molecule is COC(=O)c1cn(S(=O)(=O)c2ccc(OC)c(N3CCCC3=O)c2)c2ccccc12. The van der Waals surface area contributed by atoms with Gasteiger partial charge in [0.05, 0.1) is 35.9 Å². The Bertz CT molecular complexity index is 1260. The number of hydrogen-bond donors (Lipinski definition) is 0. The summed E-state index contributed by atoms with van der Waals surface area (Å²) in [5.41, 5.74) is 0.915. The van der Waals surface area contributed by atoms with Crippen molar-refractivity contribution in [3.05, 3.63) is 54.2 Å². The van der Waals surface area contributed by atoms with Crippen molar-refractivity contribution >= 4 is 38.5 Å². The Kier molecular flexibility index (Phi) is 4.98. The van der Waals surface area contributed by atoms with Gasteiger partial charge in [-0.25, -0.2) is 17.2 Å². The van der Waals surface area contributed by atoms with Gasteiger partial charge in [-0.1, -0.05) is 18.2 Å². The molecule has 1 aliphatic heterocycles. The van der Waals surface area contributed by atoms with Crippen LogP contribution < -0.4 is 9.64 Å². The van der Waals surface area contributed by atoms with Crippen LogP contribution in [0.15, 0.2) is 53.6 Å². The molecule has 4 rings (SSSR count). The molecule has 1 fully saturated rings. The molecule has 156 valence electrons. The van der Waals surface area contributed by atoms with E-state index in [4.69, 9.17) is 9.47 Å². The number of nitrogens with zero attached hydrogens (tertiary/aromatic N) is 2. The maximum atomic E-state index is 13.5. The first kappa shape index (κ1) is 20.0. The molecule has 0 bridgehead atoms. The monoisotopic (exact) mass is 428 g/mol. The molecule has 9 heteroatoms. The van der Waals surface area contributed by atoms with E-state index in [1.807, 2.05) is 0 Å². The van der Waals surface area contributed by atoms with Crippen molar-refractivity contribution in [3.63, 3.8) is 0 Å². The number of anilines is 1. The molecule has 30 heavy (non-hydrogen) atoms. The molecule has 1 amide bonds. The number of ether oxygens (including phenoxy) is 2. The largest absolute Gasteiger partial charge is 0.495 e. The van der Waals surface area contributed by atoms with Gasteiger partial charge < -0.3 is 14.4 Å². The standard InChI is InChI=1S/C21H20N2O6S/c1-28-19-10-9-14(12-18(19)22-11-5-8-20(22)24)30(26,27)23-13-16(21(25)29-2)15-6-3-4-7-17(15)23/h3-4,6-7,9-10,12-13H,5,8,11H2,1-2H3. The number of esters is 1. The minimum absolute atomic E-state index is 0.0184. The zero-order valence-corrected chi connectivity index (χ0v) is 17.3. The molecule has 1 aliphatic rings. The molecule has 0 atom stereocenters. The molecule has 0 aliphatic carbocycles. The van der Waals surface area contributed by atoms with Crippen LogP contribution in [0, 0.1) is 0 Å². The average Bonchev–Trinajstić information content (AvgIpc) is 3.36. The molecule has 0 N–H and O–H groups in total. The van der Waals surface area contributed by atoms with Crippen LogP contribution in [0.1, 0.15) is 23.2 Å². The number of rotatable bonds is 5. The number of aromatic nitrogens is 1. The zero-order valence-electron chi connectivity index (χ0n) is 16.5. The lowest BCUT2D eigenvalue weighted by atomic mass is 10.2. The second-order valence-electron chi connectivity index (χ2n) is 6.83. The van der Waals surface area contributed by atoms with Crippen molar-refractivity contribution in [2.75, 3.05) is 25.7 Å².